The van der Waals surface area contributed by atoms with Crippen LogP contribution in [0.15, 0.2) is 12.1 Å². The Hall–Kier alpha value is -1.65. The lowest BCUT2D eigenvalue weighted by Crippen LogP contribution is -2.21. The highest BCUT2D eigenvalue weighted by molar-refractivity contribution is 5.85. The van der Waals surface area contributed by atoms with E-state index in [1.54, 1.807) is 6.07 Å². The van der Waals surface area contributed by atoms with E-state index in [1.807, 2.05) is 0 Å². The van der Waals surface area contributed by atoms with Gasteiger partial charge < -0.3 is 10.4 Å². The topological polar surface area (TPSA) is 75.1 Å². The van der Waals surface area contributed by atoms with Crippen LogP contribution in [0.3, 0.4) is 0 Å². The van der Waals surface area contributed by atoms with Crippen LogP contribution in [-0.2, 0) is 0 Å². The average molecular weight is 235 g/mol. The number of carbonyl (C=O) groups is 1. The Morgan fingerprint density at radius 3 is 2.59 bits per heavy atom. The molecule has 1 aromatic heterocycles. The third-order valence-electron chi connectivity index (χ3n) is 3.62. The van der Waals surface area contributed by atoms with Gasteiger partial charge in [0, 0.05) is 6.54 Å². The highest BCUT2D eigenvalue weighted by Crippen LogP contribution is 2.51. The number of carboxylic acid groups (broad SMARTS) is 1. The molecule has 5 heteroatoms. The molecule has 1 saturated carbocycles. The van der Waals surface area contributed by atoms with Crippen LogP contribution in [0.5, 0.6) is 0 Å². The van der Waals surface area contributed by atoms with E-state index in [9.17, 15) is 4.79 Å². The first-order valence-corrected chi connectivity index (χ1v) is 5.84. The van der Waals surface area contributed by atoms with Crippen molar-refractivity contribution in [1.29, 1.82) is 0 Å². The number of carboxylic acids is 1. The molecule has 0 aliphatic heterocycles. The Kier molecular flexibility index (Phi) is 3.00. The van der Waals surface area contributed by atoms with Crippen molar-refractivity contribution in [3.8, 4) is 0 Å². The zero-order chi connectivity index (χ0) is 12.5. The highest BCUT2D eigenvalue weighted by Gasteiger charge is 2.44. The smallest absolute Gasteiger partial charge is 0.356 e. The summed E-state index contributed by atoms with van der Waals surface area (Å²) < 4.78 is 0. The number of aromatic carboxylic acids is 1. The van der Waals surface area contributed by atoms with Gasteiger partial charge in [0.2, 0.25) is 0 Å². The third kappa shape index (κ3) is 2.54. The Bertz CT molecular complexity index is 410. The fourth-order valence-electron chi connectivity index (χ4n) is 1.93. The molecule has 0 amide bonds. The minimum absolute atomic E-state index is 0.0273. The van der Waals surface area contributed by atoms with Crippen molar-refractivity contribution < 1.29 is 9.90 Å². The minimum Gasteiger partial charge on any atom is -0.476 e. The predicted octanol–water partition coefficient (Wildman–Crippen LogP) is 2.02. The highest BCUT2D eigenvalue weighted by atomic mass is 16.4. The van der Waals surface area contributed by atoms with Crippen molar-refractivity contribution in [1.82, 2.24) is 10.2 Å². The molecule has 1 aliphatic carbocycles. The second-order valence-electron chi connectivity index (χ2n) is 4.98. The maximum absolute atomic E-state index is 10.6. The molecule has 2 N–H and O–H groups in total. The van der Waals surface area contributed by atoms with Crippen molar-refractivity contribution in [2.24, 2.45) is 11.3 Å². The minimum atomic E-state index is -1.05. The van der Waals surface area contributed by atoms with Crippen LogP contribution in [0.4, 0.5) is 5.82 Å². The Labute approximate surface area is 100 Å². The largest absolute Gasteiger partial charge is 0.476 e. The van der Waals surface area contributed by atoms with Crippen LogP contribution in [-0.4, -0.2) is 27.8 Å². The van der Waals surface area contributed by atoms with E-state index in [0.717, 1.165) is 6.54 Å². The lowest BCUT2D eigenvalue weighted by molar-refractivity contribution is 0.0689. The first-order chi connectivity index (χ1) is 8.03. The Morgan fingerprint density at radius 2 is 2.18 bits per heavy atom. The van der Waals surface area contributed by atoms with Gasteiger partial charge in [-0.1, -0.05) is 13.8 Å². The van der Waals surface area contributed by atoms with Crippen LogP contribution in [0, 0.1) is 11.3 Å². The fraction of sp³-hybridized carbons (Fsp3) is 0.583. The normalized spacial score (nSPS) is 16.9. The van der Waals surface area contributed by atoms with E-state index in [1.165, 1.54) is 18.9 Å². The number of nitrogens with zero attached hydrogens (tertiary/aromatic N) is 2. The Morgan fingerprint density at radius 1 is 1.47 bits per heavy atom. The summed E-state index contributed by atoms with van der Waals surface area (Å²) in [5.41, 5.74) is 0.369. The SMILES string of the molecule is CC(C)C1(CNc2ccc(C(=O)O)nn2)CC1. The number of rotatable bonds is 5. The van der Waals surface area contributed by atoms with Crippen molar-refractivity contribution in [3.05, 3.63) is 17.8 Å². The molecule has 0 saturated heterocycles. The van der Waals surface area contributed by atoms with Gasteiger partial charge in [-0.05, 0) is 36.3 Å². The van der Waals surface area contributed by atoms with Gasteiger partial charge in [0.1, 0.15) is 5.82 Å². The van der Waals surface area contributed by atoms with E-state index in [2.05, 4.69) is 29.4 Å². The van der Waals surface area contributed by atoms with Gasteiger partial charge in [-0.15, -0.1) is 10.2 Å². The molecule has 5 nitrogen and oxygen atoms in total. The van der Waals surface area contributed by atoms with E-state index >= 15 is 0 Å². The van der Waals surface area contributed by atoms with Crippen molar-refractivity contribution in [2.45, 2.75) is 26.7 Å². The van der Waals surface area contributed by atoms with Crippen LogP contribution in [0.25, 0.3) is 0 Å². The molecule has 92 valence electrons. The van der Waals surface area contributed by atoms with Gasteiger partial charge >= 0.3 is 5.97 Å². The molecule has 1 heterocycles. The molecule has 1 fully saturated rings. The zero-order valence-corrected chi connectivity index (χ0v) is 10.1. The third-order valence-corrected chi connectivity index (χ3v) is 3.62. The van der Waals surface area contributed by atoms with Crippen LogP contribution in [0.1, 0.15) is 37.2 Å². The number of nitrogens with one attached hydrogen (secondary N) is 1. The van der Waals surface area contributed by atoms with E-state index in [4.69, 9.17) is 5.11 Å². The summed E-state index contributed by atoms with van der Waals surface area (Å²) in [6.07, 6.45) is 2.50. The van der Waals surface area contributed by atoms with Crippen molar-refractivity contribution in [2.75, 3.05) is 11.9 Å². The van der Waals surface area contributed by atoms with Crippen LogP contribution in [0.2, 0.25) is 0 Å². The quantitative estimate of drug-likeness (QED) is 0.816. The monoisotopic (exact) mass is 235 g/mol. The first kappa shape index (κ1) is 11.8. The number of aromatic nitrogens is 2. The second kappa shape index (κ2) is 4.31. The predicted molar refractivity (Wildman–Crippen MR) is 64.0 cm³/mol. The molecule has 0 aromatic carbocycles. The van der Waals surface area contributed by atoms with Gasteiger partial charge in [-0.3, -0.25) is 0 Å². The average Bonchev–Trinajstić information content (AvgIpc) is 3.08. The van der Waals surface area contributed by atoms with Crippen molar-refractivity contribution >= 4 is 11.8 Å². The molecular formula is C12H17N3O2. The lowest BCUT2D eigenvalue weighted by Gasteiger charge is -2.20. The van der Waals surface area contributed by atoms with Gasteiger partial charge in [0.05, 0.1) is 0 Å². The zero-order valence-electron chi connectivity index (χ0n) is 10.1. The van der Waals surface area contributed by atoms with Gasteiger partial charge in [0.25, 0.3) is 0 Å². The summed E-state index contributed by atoms with van der Waals surface area (Å²) >= 11 is 0. The summed E-state index contributed by atoms with van der Waals surface area (Å²) in [6.45, 7) is 5.34. The maximum Gasteiger partial charge on any atom is 0.356 e. The summed E-state index contributed by atoms with van der Waals surface area (Å²) in [5, 5.41) is 19.4. The van der Waals surface area contributed by atoms with E-state index < -0.39 is 5.97 Å². The van der Waals surface area contributed by atoms with Crippen molar-refractivity contribution in [3.63, 3.8) is 0 Å². The molecule has 1 aliphatic rings. The number of hydrogen-bond donors (Lipinski definition) is 2. The summed E-state index contributed by atoms with van der Waals surface area (Å²) in [4.78, 5) is 10.6. The summed E-state index contributed by atoms with van der Waals surface area (Å²) in [6, 6.07) is 3.12. The molecule has 0 atom stereocenters. The Balaban J connectivity index is 1.94. The molecule has 0 radical (unpaired) electrons. The molecule has 0 unspecified atom stereocenters. The van der Waals surface area contributed by atoms with Crippen LogP contribution < -0.4 is 5.32 Å². The molecular weight excluding hydrogens is 218 g/mol. The standard InChI is InChI=1S/C12H17N3O2/c1-8(2)12(5-6-12)7-13-10-4-3-9(11(16)17)14-15-10/h3-4,8H,5-7H2,1-2H3,(H,13,15)(H,16,17). The second-order valence-corrected chi connectivity index (χ2v) is 4.98. The summed E-state index contributed by atoms with van der Waals surface area (Å²) in [5.74, 6) is 0.244. The first-order valence-electron chi connectivity index (χ1n) is 5.84. The lowest BCUT2D eigenvalue weighted by atomic mass is 9.92. The molecule has 17 heavy (non-hydrogen) atoms. The van der Waals surface area contributed by atoms with Gasteiger partial charge in [0.15, 0.2) is 5.69 Å². The molecule has 0 bridgehead atoms. The molecule has 2 rings (SSSR count). The number of hydrogen-bond acceptors (Lipinski definition) is 4. The maximum atomic E-state index is 10.6. The van der Waals surface area contributed by atoms with E-state index in [-0.39, 0.29) is 5.69 Å². The van der Waals surface area contributed by atoms with Crippen LogP contribution >= 0.6 is 0 Å². The number of anilines is 1. The summed E-state index contributed by atoms with van der Waals surface area (Å²) in [7, 11) is 0. The molecule has 1 aromatic rings. The van der Waals surface area contributed by atoms with E-state index in [0.29, 0.717) is 17.2 Å². The molecule has 0 spiro atoms. The van der Waals surface area contributed by atoms with Gasteiger partial charge in [-0.2, -0.15) is 0 Å². The fourth-order valence-corrected chi connectivity index (χ4v) is 1.93. The van der Waals surface area contributed by atoms with Gasteiger partial charge in [-0.25, -0.2) is 4.79 Å².